The van der Waals surface area contributed by atoms with Crippen LogP contribution >= 0.6 is 11.8 Å². The number of carbonyl (C=O) groups excluding carboxylic acids is 2. The van der Waals surface area contributed by atoms with E-state index in [0.29, 0.717) is 40.5 Å². The lowest BCUT2D eigenvalue weighted by molar-refractivity contribution is -0.150. The molecule has 0 spiro atoms. The third-order valence-corrected chi connectivity index (χ3v) is 11.1. The van der Waals surface area contributed by atoms with Crippen molar-refractivity contribution < 1.29 is 38.4 Å². The van der Waals surface area contributed by atoms with Gasteiger partial charge in [0.1, 0.15) is 24.4 Å². The normalized spacial score (nSPS) is 30.4. The lowest BCUT2D eigenvalue weighted by Gasteiger charge is -2.61. The highest BCUT2D eigenvalue weighted by Crippen LogP contribution is 2.64. The molecule has 2 saturated heterocycles. The third kappa shape index (κ3) is 3.94. The van der Waals surface area contributed by atoms with Crippen molar-refractivity contribution in [3.8, 4) is 34.8 Å². The lowest BCUT2D eigenvalue weighted by atomic mass is 9.71. The monoisotopic (exact) mass is 622 g/mol. The molecule has 7 atom stereocenters. The predicted molar refractivity (Wildman–Crippen MR) is 158 cm³/mol. The number of esters is 2. The Morgan fingerprint density at radius 2 is 1.93 bits per heavy atom. The third-order valence-electron chi connectivity index (χ3n) is 9.69. The fourth-order valence-electron chi connectivity index (χ4n) is 7.98. The van der Waals surface area contributed by atoms with Crippen molar-refractivity contribution in [1.82, 2.24) is 9.80 Å². The highest BCUT2D eigenvalue weighted by Gasteiger charge is 2.60. The van der Waals surface area contributed by atoms with Crippen molar-refractivity contribution in [1.29, 1.82) is 5.26 Å². The lowest BCUT2D eigenvalue weighted by Crippen LogP contribution is -2.69. The fourth-order valence-corrected chi connectivity index (χ4v) is 9.42. The van der Waals surface area contributed by atoms with E-state index >= 15 is 0 Å². The Hall–Kier alpha value is -3.70. The van der Waals surface area contributed by atoms with E-state index < -0.39 is 47.4 Å². The number of hydrogen-bond donors (Lipinski definition) is 2. The standard InChI is InChI=1S/C31H34N4O8S/c1-12-6-15-7-17-18(8-32)35-19-9-40-31(38)16(33)10-44-30(24(35)23(34(17)4)20(15)25(37)26(12)39-5)22-21(19)29-28(41-11-42-29)13(2)27(22)43-14(3)36/h6,16-19,23-24,30,37H,7,9-11,33H2,1-5H3/t16-,17+,18-,19-,23+,24+,30?/m0/s1. The molecule has 0 saturated carbocycles. The van der Waals surface area contributed by atoms with Crippen LogP contribution < -0.4 is 24.7 Å². The molecular weight excluding hydrogens is 588 g/mol. The molecule has 1 unspecified atom stereocenters. The van der Waals surface area contributed by atoms with E-state index in [4.69, 9.17) is 29.4 Å². The number of nitriles is 1. The molecule has 5 aliphatic rings. The van der Waals surface area contributed by atoms with Crippen LogP contribution in [0.25, 0.3) is 0 Å². The molecule has 3 N–H and O–H groups in total. The molecule has 2 aromatic carbocycles. The number of nitrogens with two attached hydrogens (primary N) is 1. The van der Waals surface area contributed by atoms with Gasteiger partial charge in [-0.05, 0) is 38.4 Å². The summed E-state index contributed by atoms with van der Waals surface area (Å²) in [6.45, 7) is 4.93. The summed E-state index contributed by atoms with van der Waals surface area (Å²) >= 11 is 1.44. The number of piperazine rings is 1. The summed E-state index contributed by atoms with van der Waals surface area (Å²) < 4.78 is 29.4. The summed E-state index contributed by atoms with van der Waals surface area (Å²) in [4.78, 5) is 29.8. The predicted octanol–water partition coefficient (Wildman–Crippen LogP) is 2.56. The van der Waals surface area contributed by atoms with Gasteiger partial charge in [-0.2, -0.15) is 5.26 Å². The molecule has 232 valence electrons. The van der Waals surface area contributed by atoms with Crippen LogP contribution in [0.1, 0.15) is 57.6 Å². The SMILES string of the molecule is COc1c(C)cc2c(c1O)[C@@H]1[C@@H]3C4SC[C@H](N)C(=O)OC[C@@H](c5c6c(c(C)c(OC(C)=O)c54)OCO6)N3[C@@H](C#N)[C@@H](C2)N1C. The zero-order valence-electron chi connectivity index (χ0n) is 25.1. The average Bonchev–Trinajstić information content (AvgIpc) is 3.47. The largest absolute Gasteiger partial charge is 0.504 e. The molecule has 44 heavy (non-hydrogen) atoms. The van der Waals surface area contributed by atoms with Gasteiger partial charge in [0.25, 0.3) is 0 Å². The Balaban J connectivity index is 1.56. The van der Waals surface area contributed by atoms with E-state index in [0.717, 1.165) is 22.3 Å². The fraction of sp³-hybridized carbons (Fsp3) is 0.516. The van der Waals surface area contributed by atoms with E-state index in [-0.39, 0.29) is 30.9 Å². The molecule has 0 aromatic heterocycles. The molecule has 0 radical (unpaired) electrons. The Kier molecular flexibility index (Phi) is 6.89. The summed E-state index contributed by atoms with van der Waals surface area (Å²) in [5, 5.41) is 22.1. The number of cyclic esters (lactones) is 1. The number of carbonyl (C=O) groups is 2. The number of hydrogen-bond acceptors (Lipinski definition) is 13. The Labute approximate surface area is 258 Å². The number of methoxy groups -OCH3 is 1. The van der Waals surface area contributed by atoms with E-state index in [1.807, 2.05) is 27.0 Å². The first-order valence-corrected chi connectivity index (χ1v) is 15.6. The molecule has 12 nitrogen and oxygen atoms in total. The first-order chi connectivity index (χ1) is 21.1. The number of benzene rings is 2. The minimum absolute atomic E-state index is 0.0270. The molecule has 2 fully saturated rings. The van der Waals surface area contributed by atoms with Gasteiger partial charge in [0.05, 0.1) is 30.5 Å². The second-order valence-electron chi connectivity index (χ2n) is 12.0. The number of phenolic OH excluding ortho intramolecular Hbond substituents is 1. The Bertz CT molecular complexity index is 1640. The number of ether oxygens (including phenoxy) is 5. The van der Waals surface area contributed by atoms with Crippen molar-refractivity contribution in [3.63, 3.8) is 0 Å². The number of aryl methyl sites for hydroxylation is 1. The Morgan fingerprint density at radius 3 is 2.64 bits per heavy atom. The molecule has 5 aliphatic heterocycles. The van der Waals surface area contributed by atoms with Crippen molar-refractivity contribution in [3.05, 3.63) is 39.4 Å². The van der Waals surface area contributed by atoms with Crippen LogP contribution in [-0.4, -0.2) is 84.3 Å². The van der Waals surface area contributed by atoms with Gasteiger partial charge in [-0.1, -0.05) is 6.07 Å². The number of rotatable bonds is 2. The second-order valence-corrected chi connectivity index (χ2v) is 13.2. The van der Waals surface area contributed by atoms with Crippen LogP contribution in [0.4, 0.5) is 0 Å². The van der Waals surface area contributed by atoms with Crippen LogP contribution in [0.15, 0.2) is 6.07 Å². The summed E-state index contributed by atoms with van der Waals surface area (Å²) in [6, 6.07) is 1.36. The van der Waals surface area contributed by atoms with Gasteiger partial charge in [0, 0.05) is 47.0 Å². The van der Waals surface area contributed by atoms with E-state index in [1.165, 1.54) is 25.8 Å². The number of phenols is 1. The zero-order chi connectivity index (χ0) is 31.2. The Morgan fingerprint density at radius 1 is 1.18 bits per heavy atom. The number of nitrogens with zero attached hydrogens (tertiary/aromatic N) is 3. The van der Waals surface area contributed by atoms with Crippen molar-refractivity contribution >= 4 is 23.7 Å². The van der Waals surface area contributed by atoms with Gasteiger partial charge in [0.15, 0.2) is 23.0 Å². The molecule has 7 rings (SSSR count). The molecule has 0 amide bonds. The maximum Gasteiger partial charge on any atom is 0.323 e. The van der Waals surface area contributed by atoms with E-state index in [1.54, 1.807) is 0 Å². The van der Waals surface area contributed by atoms with Gasteiger partial charge in [-0.25, -0.2) is 0 Å². The molecule has 13 heteroatoms. The van der Waals surface area contributed by atoms with E-state index in [9.17, 15) is 20.0 Å². The number of fused-ring (bicyclic) bond motifs is 9. The maximum atomic E-state index is 13.0. The van der Waals surface area contributed by atoms with Gasteiger partial charge in [0.2, 0.25) is 6.79 Å². The quantitative estimate of drug-likeness (QED) is 0.372. The molecule has 0 aliphatic carbocycles. The van der Waals surface area contributed by atoms with Crippen LogP contribution in [0.5, 0.6) is 28.7 Å². The van der Waals surface area contributed by atoms with Crippen LogP contribution in [-0.2, 0) is 20.7 Å². The van der Waals surface area contributed by atoms with Gasteiger partial charge >= 0.3 is 11.9 Å². The average molecular weight is 623 g/mol. The molecule has 4 bridgehead atoms. The van der Waals surface area contributed by atoms with E-state index in [2.05, 4.69) is 15.9 Å². The van der Waals surface area contributed by atoms with Crippen molar-refractivity contribution in [2.24, 2.45) is 5.73 Å². The number of likely N-dealkylation sites (N-methyl/N-ethyl adjacent to an activating group) is 1. The first kappa shape index (κ1) is 29.0. The summed E-state index contributed by atoms with van der Waals surface area (Å²) in [5.74, 6) is 0.953. The second kappa shape index (κ2) is 10.4. The minimum atomic E-state index is -0.890. The molecule has 5 heterocycles. The highest BCUT2D eigenvalue weighted by atomic mass is 32.2. The highest BCUT2D eigenvalue weighted by molar-refractivity contribution is 7.99. The summed E-state index contributed by atoms with van der Waals surface area (Å²) in [6.07, 6.45) is 0.522. The molecule has 2 aromatic rings. The maximum absolute atomic E-state index is 13.0. The zero-order valence-corrected chi connectivity index (χ0v) is 25.9. The number of aromatic hydroxyl groups is 1. The van der Waals surface area contributed by atoms with Crippen molar-refractivity contribution in [2.75, 3.05) is 33.3 Å². The molecular formula is C31H34N4O8S. The van der Waals surface area contributed by atoms with Crippen LogP contribution in [0.2, 0.25) is 0 Å². The van der Waals surface area contributed by atoms with Crippen molar-refractivity contribution in [2.45, 2.75) is 68.7 Å². The van der Waals surface area contributed by atoms with Crippen LogP contribution in [0.3, 0.4) is 0 Å². The number of thioether (sulfide) groups is 1. The summed E-state index contributed by atoms with van der Waals surface area (Å²) in [7, 11) is 3.51. The smallest absolute Gasteiger partial charge is 0.323 e. The first-order valence-electron chi connectivity index (χ1n) is 14.5. The van der Waals surface area contributed by atoms with Gasteiger partial charge in [-0.3, -0.25) is 19.4 Å². The van der Waals surface area contributed by atoms with Crippen LogP contribution in [0, 0.1) is 25.2 Å². The topological polar surface area (TPSA) is 157 Å². The van der Waals surface area contributed by atoms with Gasteiger partial charge in [-0.15, -0.1) is 11.8 Å². The van der Waals surface area contributed by atoms with Gasteiger partial charge < -0.3 is 34.5 Å². The summed E-state index contributed by atoms with van der Waals surface area (Å²) in [5.41, 5.74) is 10.8. The minimum Gasteiger partial charge on any atom is -0.504 e.